The molecule has 0 aliphatic carbocycles. The van der Waals surface area contributed by atoms with Crippen LogP contribution in [0, 0.1) is 0 Å². The normalized spacial score (nSPS) is 10.8. The zero-order chi connectivity index (χ0) is 16.8. The summed E-state index contributed by atoms with van der Waals surface area (Å²) < 4.78 is 1.80. The van der Waals surface area contributed by atoms with E-state index in [-0.39, 0.29) is 11.7 Å². The molecule has 0 unspecified atom stereocenters. The number of aromatic hydroxyl groups is 1. The summed E-state index contributed by atoms with van der Waals surface area (Å²) in [6.45, 7) is 0.671. The van der Waals surface area contributed by atoms with Gasteiger partial charge in [-0.15, -0.1) is 0 Å². The van der Waals surface area contributed by atoms with Gasteiger partial charge in [0.25, 0.3) is 5.91 Å². The van der Waals surface area contributed by atoms with Gasteiger partial charge in [0.05, 0.1) is 19.0 Å². The lowest BCUT2D eigenvalue weighted by Crippen LogP contribution is -2.17. The van der Waals surface area contributed by atoms with Gasteiger partial charge in [-0.2, -0.15) is 10.2 Å². The summed E-state index contributed by atoms with van der Waals surface area (Å²) in [6.07, 6.45) is 5.04. The Bertz CT molecular complexity index is 856. The van der Waals surface area contributed by atoms with Crippen LogP contribution in [0.25, 0.3) is 0 Å². The number of aromatic nitrogens is 2. The number of phenolic OH excluding ortho intramolecular Hbond substituents is 1. The van der Waals surface area contributed by atoms with Gasteiger partial charge >= 0.3 is 0 Å². The predicted octanol–water partition coefficient (Wildman–Crippen LogP) is 2.40. The van der Waals surface area contributed by atoms with E-state index in [1.807, 2.05) is 36.5 Å². The third-order valence-corrected chi connectivity index (χ3v) is 3.33. The van der Waals surface area contributed by atoms with Crippen molar-refractivity contribution in [3.05, 3.63) is 83.7 Å². The van der Waals surface area contributed by atoms with Crippen LogP contribution in [0.2, 0.25) is 0 Å². The number of benzene rings is 2. The van der Waals surface area contributed by atoms with Crippen LogP contribution < -0.4 is 5.43 Å². The van der Waals surface area contributed by atoms with E-state index >= 15 is 0 Å². The van der Waals surface area contributed by atoms with Gasteiger partial charge in [-0.25, -0.2) is 5.43 Å². The van der Waals surface area contributed by atoms with E-state index in [1.165, 1.54) is 18.3 Å². The first kappa shape index (κ1) is 15.5. The Kier molecular flexibility index (Phi) is 4.67. The zero-order valence-corrected chi connectivity index (χ0v) is 12.8. The van der Waals surface area contributed by atoms with E-state index < -0.39 is 0 Å². The number of hydrazone groups is 1. The maximum absolute atomic E-state index is 11.9. The minimum Gasteiger partial charge on any atom is -0.508 e. The van der Waals surface area contributed by atoms with Crippen LogP contribution >= 0.6 is 0 Å². The van der Waals surface area contributed by atoms with Crippen LogP contribution in [0.1, 0.15) is 21.5 Å². The number of carbonyl (C=O) groups excluding carboxylic acids is 1. The lowest BCUT2D eigenvalue weighted by molar-refractivity contribution is 0.0954. The second-order valence-electron chi connectivity index (χ2n) is 5.21. The molecule has 0 radical (unpaired) electrons. The van der Waals surface area contributed by atoms with Crippen molar-refractivity contribution in [1.29, 1.82) is 0 Å². The molecule has 0 spiro atoms. The minimum atomic E-state index is -0.390. The summed E-state index contributed by atoms with van der Waals surface area (Å²) in [5.74, 6) is -0.354. The average Bonchev–Trinajstić information content (AvgIpc) is 3.03. The monoisotopic (exact) mass is 320 g/mol. The molecule has 1 aromatic heterocycles. The summed E-state index contributed by atoms with van der Waals surface area (Å²) in [5, 5.41) is 17.5. The highest BCUT2D eigenvalue weighted by molar-refractivity contribution is 5.95. The van der Waals surface area contributed by atoms with Crippen LogP contribution in [0.5, 0.6) is 5.75 Å². The Hall–Kier alpha value is -3.41. The molecule has 0 aliphatic heterocycles. The van der Waals surface area contributed by atoms with Gasteiger partial charge < -0.3 is 5.11 Å². The maximum Gasteiger partial charge on any atom is 0.271 e. The average molecular weight is 320 g/mol. The molecule has 3 aromatic rings. The second kappa shape index (κ2) is 7.23. The summed E-state index contributed by atoms with van der Waals surface area (Å²) in [5.41, 5.74) is 4.69. The summed E-state index contributed by atoms with van der Waals surface area (Å²) in [7, 11) is 0. The summed E-state index contributed by atoms with van der Waals surface area (Å²) in [4.78, 5) is 11.9. The molecule has 6 heteroatoms. The molecular weight excluding hydrogens is 304 g/mol. The van der Waals surface area contributed by atoms with E-state index in [1.54, 1.807) is 23.0 Å². The highest BCUT2D eigenvalue weighted by Gasteiger charge is 2.04. The zero-order valence-electron chi connectivity index (χ0n) is 12.8. The van der Waals surface area contributed by atoms with Crippen molar-refractivity contribution in [2.24, 2.45) is 5.10 Å². The highest BCUT2D eigenvalue weighted by atomic mass is 16.3. The fourth-order valence-electron chi connectivity index (χ4n) is 2.18. The number of hydrogen-bond donors (Lipinski definition) is 2. The largest absolute Gasteiger partial charge is 0.508 e. The van der Waals surface area contributed by atoms with Crippen molar-refractivity contribution >= 4 is 12.1 Å². The lowest BCUT2D eigenvalue weighted by Gasteiger charge is -2.00. The molecular formula is C18H16N4O2. The Morgan fingerprint density at radius 1 is 1.21 bits per heavy atom. The van der Waals surface area contributed by atoms with Crippen molar-refractivity contribution < 1.29 is 9.90 Å². The maximum atomic E-state index is 11.9. The number of nitrogens with one attached hydrogen (secondary N) is 1. The van der Waals surface area contributed by atoms with Crippen LogP contribution in [0.15, 0.2) is 72.1 Å². The molecule has 0 aliphatic rings. The number of carbonyl (C=O) groups is 1. The van der Waals surface area contributed by atoms with Crippen molar-refractivity contribution in [2.45, 2.75) is 6.54 Å². The predicted molar refractivity (Wildman–Crippen MR) is 90.9 cm³/mol. The fraction of sp³-hybridized carbons (Fsp3) is 0.0556. The van der Waals surface area contributed by atoms with Gasteiger partial charge in [0.15, 0.2) is 0 Å². The first-order valence-electron chi connectivity index (χ1n) is 7.39. The van der Waals surface area contributed by atoms with E-state index in [4.69, 9.17) is 0 Å². The molecule has 2 N–H and O–H groups in total. The topological polar surface area (TPSA) is 79.5 Å². The third kappa shape index (κ3) is 4.07. The van der Waals surface area contributed by atoms with Gasteiger partial charge in [-0.1, -0.05) is 36.4 Å². The molecule has 120 valence electrons. The van der Waals surface area contributed by atoms with E-state index in [9.17, 15) is 9.90 Å². The van der Waals surface area contributed by atoms with Gasteiger partial charge in [-0.05, 0) is 23.8 Å². The number of amides is 1. The summed E-state index contributed by atoms with van der Waals surface area (Å²) in [6, 6.07) is 16.1. The molecule has 0 atom stereocenters. The Morgan fingerprint density at radius 3 is 2.83 bits per heavy atom. The minimum absolute atomic E-state index is 0.0359. The van der Waals surface area contributed by atoms with E-state index in [0.29, 0.717) is 12.1 Å². The first-order valence-corrected chi connectivity index (χ1v) is 7.39. The Morgan fingerprint density at radius 2 is 2.04 bits per heavy atom. The van der Waals surface area contributed by atoms with Crippen molar-refractivity contribution in [1.82, 2.24) is 15.2 Å². The third-order valence-electron chi connectivity index (χ3n) is 3.33. The standard InChI is InChI=1S/C18H16N4O2/c23-17-8-4-7-16(9-17)18(24)21-19-10-15-11-20-22(13-15)12-14-5-2-1-3-6-14/h1-11,13,23H,12H2,(H,21,24)/b19-10-. The molecule has 0 saturated carbocycles. The van der Waals surface area contributed by atoms with Crippen molar-refractivity contribution in [3.63, 3.8) is 0 Å². The number of phenols is 1. The van der Waals surface area contributed by atoms with Crippen molar-refractivity contribution in [2.75, 3.05) is 0 Å². The molecule has 24 heavy (non-hydrogen) atoms. The van der Waals surface area contributed by atoms with Crippen molar-refractivity contribution in [3.8, 4) is 5.75 Å². The van der Waals surface area contributed by atoms with Crippen LogP contribution in [0.3, 0.4) is 0 Å². The Balaban J connectivity index is 1.58. The molecule has 6 nitrogen and oxygen atoms in total. The quantitative estimate of drug-likeness (QED) is 0.559. The molecule has 0 bridgehead atoms. The summed E-state index contributed by atoms with van der Waals surface area (Å²) >= 11 is 0. The molecule has 0 saturated heterocycles. The molecule has 3 rings (SSSR count). The van der Waals surface area contributed by atoms with E-state index in [2.05, 4.69) is 15.6 Å². The van der Waals surface area contributed by atoms with Gasteiger partial charge in [-0.3, -0.25) is 9.48 Å². The van der Waals surface area contributed by atoms with Gasteiger partial charge in [0.1, 0.15) is 5.75 Å². The smallest absolute Gasteiger partial charge is 0.271 e. The Labute approximate surface area is 139 Å². The fourth-order valence-corrected chi connectivity index (χ4v) is 2.18. The number of rotatable bonds is 5. The second-order valence-corrected chi connectivity index (χ2v) is 5.21. The highest BCUT2D eigenvalue weighted by Crippen LogP contribution is 2.10. The molecule has 0 fully saturated rings. The molecule has 1 heterocycles. The molecule has 2 aromatic carbocycles. The van der Waals surface area contributed by atoms with Crippen LogP contribution in [0.4, 0.5) is 0 Å². The number of nitrogens with zero attached hydrogens (tertiary/aromatic N) is 3. The van der Waals surface area contributed by atoms with Gasteiger partial charge in [0, 0.05) is 17.3 Å². The first-order chi connectivity index (χ1) is 11.7. The lowest BCUT2D eigenvalue weighted by atomic mass is 10.2. The molecule has 1 amide bonds. The number of hydrogen-bond acceptors (Lipinski definition) is 4. The van der Waals surface area contributed by atoms with Gasteiger partial charge in [0.2, 0.25) is 0 Å². The van der Waals surface area contributed by atoms with Crippen LogP contribution in [-0.4, -0.2) is 27.0 Å². The SMILES string of the molecule is O=C(N/N=C\c1cnn(Cc2ccccc2)c1)c1cccc(O)c1. The van der Waals surface area contributed by atoms with E-state index in [0.717, 1.165) is 11.1 Å². The van der Waals surface area contributed by atoms with Crippen LogP contribution in [-0.2, 0) is 6.54 Å².